The molecule has 1 fully saturated rings. The minimum absolute atomic E-state index is 0.112. The van der Waals surface area contributed by atoms with Gasteiger partial charge >= 0.3 is 6.18 Å². The van der Waals surface area contributed by atoms with Crippen molar-refractivity contribution >= 4 is 17.6 Å². The Balaban J connectivity index is 2.12. The molecule has 1 saturated heterocycles. The van der Waals surface area contributed by atoms with Crippen LogP contribution in [-0.2, 0) is 15.8 Å². The number of aromatic nitrogens is 1. The van der Waals surface area contributed by atoms with Crippen LogP contribution in [0.15, 0.2) is 18.3 Å². The van der Waals surface area contributed by atoms with Gasteiger partial charge in [-0.05, 0) is 25.0 Å². The lowest BCUT2D eigenvalue weighted by Gasteiger charge is -2.25. The molecule has 0 unspecified atom stereocenters. The van der Waals surface area contributed by atoms with Crippen LogP contribution in [0.5, 0.6) is 0 Å². The number of rotatable bonds is 4. The van der Waals surface area contributed by atoms with Gasteiger partial charge in [-0.2, -0.15) is 13.2 Å². The Kier molecular flexibility index (Phi) is 4.68. The van der Waals surface area contributed by atoms with E-state index in [0.717, 1.165) is 18.3 Å². The lowest BCUT2D eigenvalue weighted by atomic mass is 10.1. The number of likely N-dealkylation sites (tertiary alicyclic amines) is 1. The van der Waals surface area contributed by atoms with Crippen LogP contribution in [0.25, 0.3) is 0 Å². The number of hydrogen-bond acceptors (Lipinski definition) is 3. The van der Waals surface area contributed by atoms with Gasteiger partial charge in [0.05, 0.1) is 5.56 Å². The summed E-state index contributed by atoms with van der Waals surface area (Å²) in [5, 5.41) is 2.36. The Morgan fingerprint density at radius 3 is 2.77 bits per heavy atom. The summed E-state index contributed by atoms with van der Waals surface area (Å²) in [4.78, 5) is 29.1. The molecule has 1 N–H and O–H groups in total. The van der Waals surface area contributed by atoms with E-state index in [9.17, 15) is 22.8 Å². The number of halogens is 3. The molecule has 2 heterocycles. The molecule has 1 atom stereocenters. The molecular weight excluding hydrogens is 299 g/mol. The Bertz CT molecular complexity index is 575. The molecule has 1 aliphatic heterocycles. The summed E-state index contributed by atoms with van der Waals surface area (Å²) in [7, 11) is 0. The number of anilines is 1. The van der Waals surface area contributed by atoms with Gasteiger partial charge in [0, 0.05) is 19.2 Å². The number of nitrogens with one attached hydrogen (secondary N) is 1. The predicted octanol–water partition coefficient (Wildman–Crippen LogP) is 2.44. The fraction of sp³-hybridized carbons (Fsp3) is 0.500. The molecule has 2 rings (SSSR count). The quantitative estimate of drug-likeness (QED) is 0.928. The van der Waals surface area contributed by atoms with Crippen molar-refractivity contribution in [1.29, 1.82) is 0 Å². The largest absolute Gasteiger partial charge is 0.416 e. The average molecular weight is 315 g/mol. The Morgan fingerprint density at radius 2 is 2.23 bits per heavy atom. The fourth-order valence-corrected chi connectivity index (χ4v) is 2.43. The maximum absolute atomic E-state index is 12.6. The molecule has 8 heteroatoms. The highest BCUT2D eigenvalue weighted by Gasteiger charge is 2.33. The number of amides is 2. The number of hydrogen-bond donors (Lipinski definition) is 1. The van der Waals surface area contributed by atoms with Crippen molar-refractivity contribution in [3.05, 3.63) is 23.9 Å². The van der Waals surface area contributed by atoms with E-state index in [-0.39, 0.29) is 11.7 Å². The highest BCUT2D eigenvalue weighted by atomic mass is 19.4. The molecule has 0 aromatic carbocycles. The molecule has 120 valence electrons. The molecule has 1 aliphatic rings. The van der Waals surface area contributed by atoms with Crippen LogP contribution in [0.1, 0.15) is 31.7 Å². The van der Waals surface area contributed by atoms with Crippen molar-refractivity contribution in [2.45, 2.75) is 38.4 Å². The molecule has 0 radical (unpaired) electrons. The van der Waals surface area contributed by atoms with Gasteiger partial charge in [0.15, 0.2) is 0 Å². The van der Waals surface area contributed by atoms with Crippen molar-refractivity contribution in [2.24, 2.45) is 0 Å². The third kappa shape index (κ3) is 3.55. The van der Waals surface area contributed by atoms with Crippen LogP contribution >= 0.6 is 0 Å². The maximum atomic E-state index is 12.6. The topological polar surface area (TPSA) is 62.3 Å². The van der Waals surface area contributed by atoms with Crippen molar-refractivity contribution in [2.75, 3.05) is 11.9 Å². The van der Waals surface area contributed by atoms with Crippen LogP contribution < -0.4 is 5.32 Å². The SMILES string of the molecule is CC[C@@H](C(=O)Nc1cc(C(F)(F)F)ccn1)N1CCCC1=O. The van der Waals surface area contributed by atoms with Gasteiger partial charge in [0.2, 0.25) is 11.8 Å². The van der Waals surface area contributed by atoms with Gasteiger partial charge < -0.3 is 10.2 Å². The van der Waals surface area contributed by atoms with Crippen molar-refractivity contribution in [3.8, 4) is 0 Å². The molecule has 0 saturated carbocycles. The third-order valence-electron chi connectivity index (χ3n) is 3.51. The van der Waals surface area contributed by atoms with Crippen LogP contribution in [0.4, 0.5) is 19.0 Å². The monoisotopic (exact) mass is 315 g/mol. The second kappa shape index (κ2) is 6.33. The minimum atomic E-state index is -4.50. The first kappa shape index (κ1) is 16.3. The van der Waals surface area contributed by atoms with Gasteiger partial charge in [-0.1, -0.05) is 6.92 Å². The zero-order valence-electron chi connectivity index (χ0n) is 12.0. The van der Waals surface area contributed by atoms with E-state index in [4.69, 9.17) is 0 Å². The molecule has 0 spiro atoms. The molecule has 22 heavy (non-hydrogen) atoms. The van der Waals surface area contributed by atoms with E-state index in [1.54, 1.807) is 6.92 Å². The van der Waals surface area contributed by atoms with Gasteiger partial charge in [-0.15, -0.1) is 0 Å². The van der Waals surface area contributed by atoms with E-state index in [1.807, 2.05) is 0 Å². The molecule has 1 aromatic heterocycles. The van der Waals surface area contributed by atoms with Gasteiger partial charge in [-0.3, -0.25) is 9.59 Å². The second-order valence-corrected chi connectivity index (χ2v) is 5.03. The molecule has 2 amide bonds. The van der Waals surface area contributed by atoms with E-state index in [2.05, 4.69) is 10.3 Å². The number of pyridine rings is 1. The highest BCUT2D eigenvalue weighted by molar-refractivity contribution is 5.96. The summed E-state index contributed by atoms with van der Waals surface area (Å²) < 4.78 is 37.9. The second-order valence-electron chi connectivity index (χ2n) is 5.03. The van der Waals surface area contributed by atoms with E-state index in [1.165, 1.54) is 4.90 Å². The summed E-state index contributed by atoms with van der Waals surface area (Å²) in [6.45, 7) is 2.23. The average Bonchev–Trinajstić information content (AvgIpc) is 2.85. The van der Waals surface area contributed by atoms with Crippen LogP contribution in [0, 0.1) is 0 Å². The summed E-state index contributed by atoms with van der Waals surface area (Å²) in [6, 6.07) is 0.916. The van der Waals surface area contributed by atoms with Crippen LogP contribution in [-0.4, -0.2) is 34.3 Å². The fourth-order valence-electron chi connectivity index (χ4n) is 2.43. The van der Waals surface area contributed by atoms with E-state index in [0.29, 0.717) is 25.8 Å². The zero-order chi connectivity index (χ0) is 16.3. The van der Waals surface area contributed by atoms with Gasteiger partial charge in [0.1, 0.15) is 11.9 Å². The normalized spacial score (nSPS) is 16.7. The van der Waals surface area contributed by atoms with Crippen LogP contribution in [0.2, 0.25) is 0 Å². The van der Waals surface area contributed by atoms with Gasteiger partial charge in [0.25, 0.3) is 0 Å². The summed E-state index contributed by atoms with van der Waals surface area (Å²) in [6.07, 6.45) is -2.05. The molecule has 0 bridgehead atoms. The molecule has 5 nitrogen and oxygen atoms in total. The molecule has 0 aliphatic carbocycles. The predicted molar refractivity (Wildman–Crippen MR) is 72.9 cm³/mol. The first-order valence-corrected chi connectivity index (χ1v) is 6.96. The maximum Gasteiger partial charge on any atom is 0.416 e. The molecular formula is C14H16F3N3O2. The first-order valence-electron chi connectivity index (χ1n) is 6.96. The standard InChI is InChI=1S/C14H16F3N3O2/c1-2-10(20-7-3-4-12(20)21)13(22)19-11-8-9(5-6-18-11)14(15,16)17/h5-6,8,10H,2-4,7H2,1H3,(H,18,19,22)/t10-/m0/s1. The third-order valence-corrected chi connectivity index (χ3v) is 3.51. The van der Waals surface area contributed by atoms with E-state index >= 15 is 0 Å². The lowest BCUT2D eigenvalue weighted by Crippen LogP contribution is -2.44. The number of nitrogens with zero attached hydrogens (tertiary/aromatic N) is 2. The Morgan fingerprint density at radius 1 is 1.50 bits per heavy atom. The Labute approximate surface area is 125 Å². The highest BCUT2D eigenvalue weighted by Crippen LogP contribution is 2.30. The minimum Gasteiger partial charge on any atom is -0.331 e. The van der Waals surface area contributed by atoms with Crippen LogP contribution in [0.3, 0.4) is 0 Å². The Hall–Kier alpha value is -2.12. The van der Waals surface area contributed by atoms with E-state index < -0.39 is 23.7 Å². The number of carbonyl (C=O) groups excluding carboxylic acids is 2. The van der Waals surface area contributed by atoms with Crippen molar-refractivity contribution in [1.82, 2.24) is 9.88 Å². The molecule has 1 aromatic rings. The summed E-state index contributed by atoms with van der Waals surface area (Å²) in [5.41, 5.74) is -0.886. The number of carbonyl (C=O) groups is 2. The van der Waals surface area contributed by atoms with Crippen molar-refractivity contribution in [3.63, 3.8) is 0 Å². The van der Waals surface area contributed by atoms with Gasteiger partial charge in [-0.25, -0.2) is 4.98 Å². The smallest absolute Gasteiger partial charge is 0.331 e. The zero-order valence-corrected chi connectivity index (χ0v) is 12.0. The lowest BCUT2D eigenvalue weighted by molar-refractivity contribution is -0.137. The van der Waals surface area contributed by atoms with Crippen molar-refractivity contribution < 1.29 is 22.8 Å². The first-order chi connectivity index (χ1) is 10.3. The summed E-state index contributed by atoms with van der Waals surface area (Å²) in [5.74, 6) is -0.812. The summed E-state index contributed by atoms with van der Waals surface area (Å²) >= 11 is 0. The number of alkyl halides is 3.